The topological polar surface area (TPSA) is 12.0 Å². The third-order valence-electron chi connectivity index (χ3n) is 3.22. The minimum atomic E-state index is 0.480. The average Bonchev–Trinajstić information content (AvgIpc) is 2.47. The number of hydrogen-bond acceptors (Lipinski definition) is 2. The fourth-order valence-electron chi connectivity index (χ4n) is 2.13. The molecule has 0 bridgehead atoms. The molecule has 100 valence electrons. The van der Waals surface area contributed by atoms with E-state index in [0.29, 0.717) is 6.04 Å². The van der Waals surface area contributed by atoms with Crippen LogP contribution in [0.1, 0.15) is 18.9 Å². The van der Waals surface area contributed by atoms with E-state index in [0.717, 1.165) is 12.8 Å². The fourth-order valence-corrected chi connectivity index (χ4v) is 2.69. The first-order chi connectivity index (χ1) is 9.29. The molecule has 0 aliphatic rings. The lowest BCUT2D eigenvalue weighted by Gasteiger charge is -2.17. The number of thioether (sulfide) groups is 1. The van der Waals surface area contributed by atoms with E-state index in [1.54, 1.807) is 11.8 Å². The zero-order valence-electron chi connectivity index (χ0n) is 11.6. The zero-order valence-corrected chi connectivity index (χ0v) is 12.4. The van der Waals surface area contributed by atoms with Crippen molar-refractivity contribution in [1.82, 2.24) is 0 Å². The van der Waals surface area contributed by atoms with Crippen molar-refractivity contribution in [3.05, 3.63) is 60.2 Å². The summed E-state index contributed by atoms with van der Waals surface area (Å²) in [5.74, 6) is 0. The molecule has 1 nitrogen and oxygen atoms in total. The summed E-state index contributed by atoms with van der Waals surface area (Å²) in [4.78, 5) is 1.31. The first-order valence-corrected chi connectivity index (χ1v) is 7.95. The van der Waals surface area contributed by atoms with E-state index in [2.05, 4.69) is 73.1 Å². The van der Waals surface area contributed by atoms with Crippen LogP contribution >= 0.6 is 11.8 Å². The molecule has 0 heterocycles. The van der Waals surface area contributed by atoms with Crippen molar-refractivity contribution in [3.63, 3.8) is 0 Å². The van der Waals surface area contributed by atoms with Crippen LogP contribution in [0.2, 0.25) is 0 Å². The number of aryl methyl sites for hydroxylation is 1. The number of benzene rings is 2. The monoisotopic (exact) mass is 271 g/mol. The van der Waals surface area contributed by atoms with Gasteiger partial charge in [-0.1, -0.05) is 42.5 Å². The minimum absolute atomic E-state index is 0.480. The Kier molecular flexibility index (Phi) is 5.34. The van der Waals surface area contributed by atoms with E-state index in [4.69, 9.17) is 0 Å². The number of hydrogen-bond donors (Lipinski definition) is 1. The summed E-state index contributed by atoms with van der Waals surface area (Å²) in [7, 11) is 0. The highest BCUT2D eigenvalue weighted by atomic mass is 32.2. The summed E-state index contributed by atoms with van der Waals surface area (Å²) < 4.78 is 0. The first kappa shape index (κ1) is 14.0. The molecular weight excluding hydrogens is 250 g/mol. The molecule has 0 radical (unpaired) electrons. The molecule has 2 aromatic carbocycles. The number of rotatable bonds is 6. The predicted octanol–water partition coefficient (Wildman–Crippen LogP) is 4.84. The number of anilines is 1. The summed E-state index contributed by atoms with van der Waals surface area (Å²) >= 11 is 1.79. The Labute approximate surface area is 120 Å². The predicted molar refractivity (Wildman–Crippen MR) is 86.1 cm³/mol. The van der Waals surface area contributed by atoms with Crippen LogP contribution in [0.4, 0.5) is 5.69 Å². The highest BCUT2D eigenvalue weighted by Crippen LogP contribution is 2.25. The summed E-state index contributed by atoms with van der Waals surface area (Å²) in [6.07, 6.45) is 4.39. The fraction of sp³-hybridized carbons (Fsp3) is 0.294. The van der Waals surface area contributed by atoms with E-state index in [1.165, 1.54) is 16.1 Å². The largest absolute Gasteiger partial charge is 0.382 e. The summed E-state index contributed by atoms with van der Waals surface area (Å²) in [6.45, 7) is 2.25. The Bertz CT molecular complexity index is 496. The Morgan fingerprint density at radius 1 is 1.00 bits per heavy atom. The average molecular weight is 271 g/mol. The van der Waals surface area contributed by atoms with Crippen molar-refractivity contribution in [2.24, 2.45) is 0 Å². The summed E-state index contributed by atoms with van der Waals surface area (Å²) in [6, 6.07) is 19.7. The van der Waals surface area contributed by atoms with Crippen LogP contribution < -0.4 is 5.32 Å². The van der Waals surface area contributed by atoms with Gasteiger partial charge in [-0.3, -0.25) is 0 Å². The van der Waals surface area contributed by atoms with Crippen LogP contribution in [0, 0.1) is 0 Å². The molecule has 0 saturated heterocycles. The molecule has 0 saturated carbocycles. The van der Waals surface area contributed by atoms with Gasteiger partial charge in [0.2, 0.25) is 0 Å². The molecule has 0 aliphatic heterocycles. The third kappa shape index (κ3) is 4.32. The van der Waals surface area contributed by atoms with E-state index >= 15 is 0 Å². The van der Waals surface area contributed by atoms with Gasteiger partial charge >= 0.3 is 0 Å². The van der Waals surface area contributed by atoms with Gasteiger partial charge in [-0.05, 0) is 43.7 Å². The second-order valence-electron chi connectivity index (χ2n) is 4.77. The van der Waals surface area contributed by atoms with Gasteiger partial charge in [-0.15, -0.1) is 11.8 Å². The Morgan fingerprint density at radius 3 is 2.42 bits per heavy atom. The van der Waals surface area contributed by atoms with Crippen molar-refractivity contribution in [2.75, 3.05) is 11.6 Å². The molecule has 2 rings (SSSR count). The van der Waals surface area contributed by atoms with Crippen molar-refractivity contribution in [3.8, 4) is 0 Å². The van der Waals surface area contributed by atoms with Gasteiger partial charge in [0.1, 0.15) is 0 Å². The lowest BCUT2D eigenvalue weighted by molar-refractivity contribution is 0.704. The van der Waals surface area contributed by atoms with Gasteiger partial charge in [0, 0.05) is 16.6 Å². The first-order valence-electron chi connectivity index (χ1n) is 6.73. The molecule has 1 atom stereocenters. The molecule has 0 spiro atoms. The highest BCUT2D eigenvalue weighted by Gasteiger charge is 2.05. The van der Waals surface area contributed by atoms with Gasteiger partial charge in [0.05, 0.1) is 0 Å². The second-order valence-corrected chi connectivity index (χ2v) is 5.62. The van der Waals surface area contributed by atoms with Gasteiger partial charge in [-0.2, -0.15) is 0 Å². The van der Waals surface area contributed by atoms with Gasteiger partial charge in [-0.25, -0.2) is 0 Å². The lowest BCUT2D eigenvalue weighted by atomic mass is 10.1. The maximum Gasteiger partial charge on any atom is 0.0480 e. The van der Waals surface area contributed by atoms with Gasteiger partial charge < -0.3 is 5.32 Å². The quantitative estimate of drug-likeness (QED) is 0.754. The maximum atomic E-state index is 3.61. The van der Waals surface area contributed by atoms with Crippen LogP contribution in [0.15, 0.2) is 59.5 Å². The van der Waals surface area contributed by atoms with Gasteiger partial charge in [0.25, 0.3) is 0 Å². The molecule has 2 heteroatoms. The molecule has 0 fully saturated rings. The van der Waals surface area contributed by atoms with Crippen molar-refractivity contribution >= 4 is 17.4 Å². The van der Waals surface area contributed by atoms with Crippen LogP contribution in [0.5, 0.6) is 0 Å². The van der Waals surface area contributed by atoms with Crippen molar-refractivity contribution in [2.45, 2.75) is 30.7 Å². The summed E-state index contributed by atoms with van der Waals surface area (Å²) in [5.41, 5.74) is 2.66. The van der Waals surface area contributed by atoms with Crippen LogP contribution in [0.3, 0.4) is 0 Å². The third-order valence-corrected chi connectivity index (χ3v) is 4.01. The van der Waals surface area contributed by atoms with E-state index in [-0.39, 0.29) is 0 Å². The minimum Gasteiger partial charge on any atom is -0.382 e. The molecular formula is C17H21NS. The van der Waals surface area contributed by atoms with E-state index in [1.807, 2.05) is 0 Å². The molecule has 19 heavy (non-hydrogen) atoms. The molecule has 0 amide bonds. The Hall–Kier alpha value is -1.41. The molecule has 1 unspecified atom stereocenters. The van der Waals surface area contributed by atoms with Crippen LogP contribution in [-0.2, 0) is 6.42 Å². The number of para-hydroxylation sites is 1. The Morgan fingerprint density at radius 2 is 1.68 bits per heavy atom. The summed E-state index contributed by atoms with van der Waals surface area (Å²) in [5, 5.41) is 3.61. The van der Waals surface area contributed by atoms with Gasteiger partial charge in [0.15, 0.2) is 0 Å². The molecule has 1 N–H and O–H groups in total. The smallest absolute Gasteiger partial charge is 0.0480 e. The second kappa shape index (κ2) is 7.25. The van der Waals surface area contributed by atoms with E-state index in [9.17, 15) is 0 Å². The van der Waals surface area contributed by atoms with Crippen LogP contribution in [-0.4, -0.2) is 12.3 Å². The zero-order chi connectivity index (χ0) is 13.5. The molecule has 2 aromatic rings. The van der Waals surface area contributed by atoms with Crippen molar-refractivity contribution < 1.29 is 0 Å². The lowest BCUT2D eigenvalue weighted by Crippen LogP contribution is -2.16. The normalized spacial score (nSPS) is 12.1. The number of nitrogens with one attached hydrogen (secondary N) is 1. The highest BCUT2D eigenvalue weighted by molar-refractivity contribution is 7.98. The van der Waals surface area contributed by atoms with E-state index < -0.39 is 0 Å². The van der Waals surface area contributed by atoms with Crippen molar-refractivity contribution in [1.29, 1.82) is 0 Å². The SMILES string of the molecule is CSc1ccccc1NC(C)CCc1ccccc1. The Balaban J connectivity index is 1.89. The standard InChI is InChI=1S/C17H21NS/c1-14(12-13-15-8-4-3-5-9-15)18-16-10-6-7-11-17(16)19-2/h3-11,14,18H,12-13H2,1-2H3. The van der Waals surface area contributed by atoms with Crippen LogP contribution in [0.25, 0.3) is 0 Å². The maximum absolute atomic E-state index is 3.61. The molecule has 0 aliphatic carbocycles. The molecule has 0 aromatic heterocycles.